The summed E-state index contributed by atoms with van der Waals surface area (Å²) in [6.45, 7) is 3.84. The molecule has 23 heavy (non-hydrogen) atoms. The third-order valence-electron chi connectivity index (χ3n) is 4.34. The first-order valence-electron chi connectivity index (χ1n) is 7.93. The van der Waals surface area contributed by atoms with Crippen LogP contribution >= 0.6 is 0 Å². The monoisotopic (exact) mass is 320 g/mol. The quantitative estimate of drug-likeness (QED) is 0.558. The highest BCUT2D eigenvalue weighted by Gasteiger charge is 2.25. The predicted molar refractivity (Wildman–Crippen MR) is 84.9 cm³/mol. The van der Waals surface area contributed by atoms with Crippen molar-refractivity contribution in [2.24, 2.45) is 5.92 Å². The van der Waals surface area contributed by atoms with Gasteiger partial charge in [-0.1, -0.05) is 6.92 Å². The molecule has 7 nitrogen and oxygen atoms in total. The van der Waals surface area contributed by atoms with Crippen molar-refractivity contribution in [1.29, 1.82) is 0 Å². The first-order valence-corrected chi connectivity index (χ1v) is 7.93. The van der Waals surface area contributed by atoms with Gasteiger partial charge in [-0.05, 0) is 51.0 Å². The highest BCUT2D eigenvalue weighted by molar-refractivity contribution is 5.93. The zero-order valence-electron chi connectivity index (χ0n) is 13.6. The fourth-order valence-corrected chi connectivity index (χ4v) is 2.82. The second-order valence-corrected chi connectivity index (χ2v) is 5.99. The topological polar surface area (TPSA) is 94.6 Å². The first-order chi connectivity index (χ1) is 11.0. The van der Waals surface area contributed by atoms with Crippen LogP contribution in [0.3, 0.4) is 0 Å². The zero-order chi connectivity index (χ0) is 16.8. The lowest BCUT2D eigenvalue weighted by Gasteiger charge is -2.29. The van der Waals surface area contributed by atoms with Crippen LogP contribution in [0, 0.1) is 5.92 Å². The van der Waals surface area contributed by atoms with Crippen LogP contribution in [-0.4, -0.2) is 47.0 Å². The Morgan fingerprint density at radius 2 is 2.09 bits per heavy atom. The number of nitrogens with one attached hydrogen (secondary N) is 2. The number of hydrogen-bond acceptors (Lipinski definition) is 5. The smallest absolute Gasteiger partial charge is 0.276 e. The highest BCUT2D eigenvalue weighted by atomic mass is 16.5. The van der Waals surface area contributed by atoms with Crippen LogP contribution in [-0.2, 0) is 4.79 Å². The lowest BCUT2D eigenvalue weighted by Crippen LogP contribution is -2.40. The summed E-state index contributed by atoms with van der Waals surface area (Å²) in [7, 11) is 2.06. The van der Waals surface area contributed by atoms with Crippen LogP contribution in [0.2, 0.25) is 0 Å². The molecule has 0 aliphatic carbocycles. The largest absolute Gasteiger partial charge is 0.349 e. The number of hydroxylamine groups is 1. The van der Waals surface area contributed by atoms with E-state index in [1.807, 2.05) is 6.92 Å². The number of pyridine rings is 1. The molecule has 1 atom stereocenters. The molecule has 2 rings (SSSR count). The fraction of sp³-hybridized carbons (Fsp3) is 0.562. The summed E-state index contributed by atoms with van der Waals surface area (Å²) in [5, 5.41) is 11.8. The van der Waals surface area contributed by atoms with Crippen LogP contribution in [0.5, 0.6) is 0 Å². The SMILES string of the molecule is CC[C@H](NC(=O)C1CCN(C)CC1)c1cncc(C(=O)NO)c1. The minimum absolute atomic E-state index is 0.0390. The Labute approximate surface area is 136 Å². The van der Waals surface area contributed by atoms with Gasteiger partial charge in [0.1, 0.15) is 0 Å². The maximum absolute atomic E-state index is 12.5. The number of piperidine rings is 1. The average molecular weight is 320 g/mol. The van der Waals surface area contributed by atoms with Crippen molar-refractivity contribution in [2.75, 3.05) is 20.1 Å². The lowest BCUT2D eigenvalue weighted by atomic mass is 9.95. The normalized spacial score (nSPS) is 17.5. The lowest BCUT2D eigenvalue weighted by molar-refractivity contribution is -0.127. The summed E-state index contributed by atoms with van der Waals surface area (Å²) < 4.78 is 0. The third-order valence-corrected chi connectivity index (χ3v) is 4.34. The number of amides is 2. The molecule has 0 spiro atoms. The van der Waals surface area contributed by atoms with Gasteiger partial charge in [0.15, 0.2) is 0 Å². The second kappa shape index (κ2) is 8.03. The molecule has 1 aliphatic heterocycles. The van der Waals surface area contributed by atoms with E-state index in [-0.39, 0.29) is 23.4 Å². The van der Waals surface area contributed by atoms with Crippen molar-refractivity contribution in [3.63, 3.8) is 0 Å². The molecule has 1 aliphatic rings. The minimum Gasteiger partial charge on any atom is -0.349 e. The summed E-state index contributed by atoms with van der Waals surface area (Å²) in [5.74, 6) is -0.519. The van der Waals surface area contributed by atoms with E-state index in [1.54, 1.807) is 17.7 Å². The number of nitrogens with zero attached hydrogens (tertiary/aromatic N) is 2. The van der Waals surface area contributed by atoms with Gasteiger partial charge in [0.05, 0.1) is 11.6 Å². The summed E-state index contributed by atoms with van der Waals surface area (Å²) in [5.41, 5.74) is 2.61. The van der Waals surface area contributed by atoms with E-state index in [0.29, 0.717) is 6.42 Å². The molecule has 0 aromatic carbocycles. The molecule has 7 heteroatoms. The summed E-state index contributed by atoms with van der Waals surface area (Å²) >= 11 is 0. The number of aromatic nitrogens is 1. The first kappa shape index (κ1) is 17.4. The molecule has 1 fully saturated rings. The van der Waals surface area contributed by atoms with E-state index < -0.39 is 5.91 Å². The van der Waals surface area contributed by atoms with Gasteiger partial charge in [-0.3, -0.25) is 19.8 Å². The molecule has 0 unspecified atom stereocenters. The molecule has 1 aromatic rings. The molecular formula is C16H24N4O3. The maximum Gasteiger partial charge on any atom is 0.276 e. The number of carbonyl (C=O) groups is 2. The zero-order valence-corrected chi connectivity index (χ0v) is 13.6. The van der Waals surface area contributed by atoms with Crippen LogP contribution in [0.15, 0.2) is 18.5 Å². The molecule has 3 N–H and O–H groups in total. The molecule has 1 saturated heterocycles. The van der Waals surface area contributed by atoms with Gasteiger partial charge >= 0.3 is 0 Å². The Bertz CT molecular complexity index is 556. The van der Waals surface area contributed by atoms with E-state index in [4.69, 9.17) is 5.21 Å². The highest BCUT2D eigenvalue weighted by Crippen LogP contribution is 2.21. The maximum atomic E-state index is 12.5. The molecular weight excluding hydrogens is 296 g/mol. The molecule has 1 aromatic heterocycles. The van der Waals surface area contributed by atoms with Crippen molar-refractivity contribution < 1.29 is 14.8 Å². The molecule has 0 radical (unpaired) electrons. The Kier molecular flexibility index (Phi) is 6.06. The number of hydrogen-bond donors (Lipinski definition) is 3. The van der Waals surface area contributed by atoms with Gasteiger partial charge < -0.3 is 10.2 Å². The fourth-order valence-electron chi connectivity index (χ4n) is 2.82. The van der Waals surface area contributed by atoms with Crippen molar-refractivity contribution in [1.82, 2.24) is 20.7 Å². The van der Waals surface area contributed by atoms with Crippen molar-refractivity contribution in [2.45, 2.75) is 32.2 Å². The minimum atomic E-state index is -0.615. The van der Waals surface area contributed by atoms with Gasteiger partial charge in [-0.25, -0.2) is 5.48 Å². The van der Waals surface area contributed by atoms with E-state index in [2.05, 4.69) is 22.2 Å². The molecule has 0 bridgehead atoms. The number of carbonyl (C=O) groups excluding carboxylic acids is 2. The van der Waals surface area contributed by atoms with Crippen molar-refractivity contribution >= 4 is 11.8 Å². The molecule has 126 valence electrons. The summed E-state index contributed by atoms with van der Waals surface area (Å²) in [6.07, 6.45) is 5.44. The van der Waals surface area contributed by atoms with E-state index >= 15 is 0 Å². The van der Waals surface area contributed by atoms with Gasteiger partial charge in [0, 0.05) is 18.3 Å². The van der Waals surface area contributed by atoms with Crippen LogP contribution in [0.1, 0.15) is 48.1 Å². The van der Waals surface area contributed by atoms with Crippen molar-refractivity contribution in [3.8, 4) is 0 Å². The van der Waals surface area contributed by atoms with Crippen molar-refractivity contribution in [3.05, 3.63) is 29.6 Å². The van der Waals surface area contributed by atoms with E-state index in [1.165, 1.54) is 6.20 Å². The number of rotatable bonds is 5. The Balaban J connectivity index is 2.05. The summed E-state index contributed by atoms with van der Waals surface area (Å²) in [4.78, 5) is 30.2. The summed E-state index contributed by atoms with van der Waals surface area (Å²) in [6, 6.07) is 1.45. The van der Waals surface area contributed by atoms with E-state index in [0.717, 1.165) is 31.5 Å². The van der Waals surface area contributed by atoms with Gasteiger partial charge in [0.2, 0.25) is 5.91 Å². The Morgan fingerprint density at radius 3 is 2.70 bits per heavy atom. The third kappa shape index (κ3) is 4.49. The van der Waals surface area contributed by atoms with Gasteiger partial charge in [0.25, 0.3) is 5.91 Å². The Morgan fingerprint density at radius 1 is 1.39 bits per heavy atom. The Hall–Kier alpha value is -1.99. The standard InChI is InChI=1S/C16H24N4O3/c1-3-14(12-8-13(10-17-9-12)16(22)19-23)18-15(21)11-4-6-20(2)7-5-11/h8-11,14,23H,3-7H2,1-2H3,(H,18,21)(H,19,22)/t14-/m0/s1. The van der Waals surface area contributed by atoms with Gasteiger partial charge in [-0.15, -0.1) is 0 Å². The number of likely N-dealkylation sites (tertiary alicyclic amines) is 1. The molecule has 2 amide bonds. The van der Waals surface area contributed by atoms with E-state index in [9.17, 15) is 9.59 Å². The average Bonchev–Trinajstić information content (AvgIpc) is 2.59. The van der Waals surface area contributed by atoms with Crippen LogP contribution < -0.4 is 10.8 Å². The van der Waals surface area contributed by atoms with Crippen LogP contribution in [0.25, 0.3) is 0 Å². The van der Waals surface area contributed by atoms with Crippen LogP contribution in [0.4, 0.5) is 0 Å². The predicted octanol–water partition coefficient (Wildman–Crippen LogP) is 1.11. The second-order valence-electron chi connectivity index (χ2n) is 5.99. The molecule has 0 saturated carbocycles. The molecule has 2 heterocycles. The van der Waals surface area contributed by atoms with Gasteiger partial charge in [-0.2, -0.15) is 0 Å².